The second kappa shape index (κ2) is 9.79. The highest BCUT2D eigenvalue weighted by molar-refractivity contribution is 7.90. The Kier molecular flexibility index (Phi) is 7.58. The van der Waals surface area contributed by atoms with Gasteiger partial charge in [-0.3, -0.25) is 4.79 Å². The molecular formula is C23H35NO5S. The summed E-state index contributed by atoms with van der Waals surface area (Å²) < 4.78 is 32.8. The van der Waals surface area contributed by atoms with Crippen molar-refractivity contribution >= 4 is 17.3 Å². The number of nitrogens with one attached hydrogen (secondary N) is 1. The molecule has 0 amide bonds. The molecule has 7 heteroatoms. The van der Waals surface area contributed by atoms with Gasteiger partial charge in [0, 0.05) is 29.4 Å². The van der Waals surface area contributed by atoms with Crippen LogP contribution < -0.4 is 14.2 Å². The van der Waals surface area contributed by atoms with Crippen LogP contribution in [0.25, 0.3) is 0 Å². The third kappa shape index (κ3) is 5.42. The molecule has 1 aliphatic heterocycles. The summed E-state index contributed by atoms with van der Waals surface area (Å²) in [6.45, 7) is 8.19. The molecule has 30 heavy (non-hydrogen) atoms. The number of fused-ring (bicyclic) bond motifs is 1. The standard InChI is InChI=1S/C23H35NO5S/c1-6-28-22(25)16-9-7-15(8-10-16)20-14-19(24-30(26)23(2,3)4)18-12-11-17(27-5)13-21(18)29-20/h11-13,15-16,19-20,24H,6-10,14H2,1-5H3/t15?,16?,19-,20-,30?/m1/s1. The zero-order chi connectivity index (χ0) is 21.9. The van der Waals surface area contributed by atoms with Crippen LogP contribution >= 0.6 is 0 Å². The number of benzene rings is 1. The molecule has 1 aromatic carbocycles. The SMILES string of the molecule is CCOC(=O)C1CCC([C@H]2C[C@@H](N[S+]([O-])C(C)(C)C)c3ccc(OC)cc3O2)CC1. The first-order valence-corrected chi connectivity index (χ1v) is 12.1. The molecule has 0 bridgehead atoms. The summed E-state index contributed by atoms with van der Waals surface area (Å²) in [5.41, 5.74) is 1.02. The lowest BCUT2D eigenvalue weighted by molar-refractivity contribution is -0.149. The molecule has 0 spiro atoms. The quantitative estimate of drug-likeness (QED) is 0.528. The van der Waals surface area contributed by atoms with Crippen molar-refractivity contribution in [3.8, 4) is 11.5 Å². The van der Waals surface area contributed by atoms with Crippen LogP contribution in [0.4, 0.5) is 0 Å². The van der Waals surface area contributed by atoms with Gasteiger partial charge in [-0.05, 0) is 71.4 Å². The summed E-state index contributed by atoms with van der Waals surface area (Å²) in [5, 5.41) is 0. The van der Waals surface area contributed by atoms with Crippen LogP contribution in [0, 0.1) is 11.8 Å². The summed E-state index contributed by atoms with van der Waals surface area (Å²) in [4.78, 5) is 12.1. The average molecular weight is 438 g/mol. The number of ether oxygens (including phenoxy) is 3. The third-order valence-corrected chi connectivity index (χ3v) is 7.68. The first kappa shape index (κ1) is 23.2. The maximum atomic E-state index is 12.8. The molecule has 2 aliphatic rings. The maximum Gasteiger partial charge on any atom is 0.308 e. The van der Waals surface area contributed by atoms with Gasteiger partial charge in [-0.25, -0.2) is 0 Å². The van der Waals surface area contributed by atoms with Gasteiger partial charge in [0.15, 0.2) is 0 Å². The predicted molar refractivity (Wildman–Crippen MR) is 118 cm³/mol. The van der Waals surface area contributed by atoms with Gasteiger partial charge in [0.25, 0.3) is 0 Å². The summed E-state index contributed by atoms with van der Waals surface area (Å²) in [7, 11) is 1.64. The molecular weight excluding hydrogens is 402 g/mol. The number of hydrogen-bond acceptors (Lipinski definition) is 6. The molecule has 1 heterocycles. The Balaban J connectivity index is 1.74. The van der Waals surface area contributed by atoms with E-state index < -0.39 is 11.4 Å². The zero-order valence-electron chi connectivity index (χ0n) is 18.7. The van der Waals surface area contributed by atoms with E-state index in [0.717, 1.165) is 49.2 Å². The normalized spacial score (nSPS) is 27.5. The Bertz CT molecular complexity index is 727. The lowest BCUT2D eigenvalue weighted by Crippen LogP contribution is -2.45. The van der Waals surface area contributed by atoms with Crippen LogP contribution in [0.15, 0.2) is 18.2 Å². The third-order valence-electron chi connectivity index (χ3n) is 6.07. The van der Waals surface area contributed by atoms with Gasteiger partial charge in [0.2, 0.25) is 0 Å². The smallest absolute Gasteiger partial charge is 0.308 e. The molecule has 1 saturated carbocycles. The van der Waals surface area contributed by atoms with Crippen LogP contribution in [0.5, 0.6) is 11.5 Å². The van der Waals surface area contributed by atoms with Crippen LogP contribution in [0.3, 0.4) is 0 Å². The van der Waals surface area contributed by atoms with E-state index in [2.05, 4.69) is 4.72 Å². The van der Waals surface area contributed by atoms with Gasteiger partial charge in [-0.15, -0.1) is 4.72 Å². The Morgan fingerprint density at radius 3 is 2.57 bits per heavy atom. The Hall–Kier alpha value is -1.44. The van der Waals surface area contributed by atoms with E-state index in [1.165, 1.54) is 0 Å². The molecule has 168 valence electrons. The van der Waals surface area contributed by atoms with Gasteiger partial charge >= 0.3 is 5.97 Å². The summed E-state index contributed by atoms with van der Waals surface area (Å²) >= 11 is -1.18. The van der Waals surface area contributed by atoms with Crippen LogP contribution in [-0.4, -0.2) is 35.1 Å². The van der Waals surface area contributed by atoms with Gasteiger partial charge in [-0.2, -0.15) is 0 Å². The molecule has 1 aliphatic carbocycles. The number of carbonyl (C=O) groups is 1. The lowest BCUT2D eigenvalue weighted by Gasteiger charge is -2.39. The lowest BCUT2D eigenvalue weighted by atomic mass is 9.77. The molecule has 0 aromatic heterocycles. The predicted octanol–water partition coefficient (Wildman–Crippen LogP) is 4.31. The first-order chi connectivity index (χ1) is 14.2. The minimum absolute atomic E-state index is 0.000475. The molecule has 1 fully saturated rings. The maximum absolute atomic E-state index is 12.8. The molecule has 0 saturated heterocycles. The van der Waals surface area contributed by atoms with Crippen molar-refractivity contribution in [1.29, 1.82) is 0 Å². The van der Waals surface area contributed by atoms with Crippen molar-refractivity contribution in [2.24, 2.45) is 11.8 Å². The van der Waals surface area contributed by atoms with E-state index in [1.54, 1.807) is 7.11 Å². The summed E-state index contributed by atoms with van der Waals surface area (Å²) in [5.74, 6) is 1.83. The minimum atomic E-state index is -1.18. The van der Waals surface area contributed by atoms with Gasteiger partial charge in [0.05, 0.1) is 25.7 Å². The molecule has 3 rings (SSSR count). The van der Waals surface area contributed by atoms with E-state index in [1.807, 2.05) is 45.9 Å². The monoisotopic (exact) mass is 437 g/mol. The summed E-state index contributed by atoms with van der Waals surface area (Å²) in [6.07, 6.45) is 4.31. The Morgan fingerprint density at radius 1 is 1.27 bits per heavy atom. The highest BCUT2D eigenvalue weighted by Crippen LogP contribution is 2.43. The second-order valence-electron chi connectivity index (χ2n) is 9.21. The van der Waals surface area contributed by atoms with Crippen molar-refractivity contribution in [2.45, 2.75) is 76.7 Å². The van der Waals surface area contributed by atoms with E-state index in [4.69, 9.17) is 14.2 Å². The highest BCUT2D eigenvalue weighted by atomic mass is 32.2. The Labute approximate surface area is 183 Å². The number of rotatable bonds is 6. The number of carbonyl (C=O) groups excluding carboxylic acids is 1. The van der Waals surface area contributed by atoms with E-state index in [-0.39, 0.29) is 28.8 Å². The molecule has 3 atom stereocenters. The second-order valence-corrected chi connectivity index (χ2v) is 11.2. The largest absolute Gasteiger partial charge is 0.598 e. The van der Waals surface area contributed by atoms with E-state index in [9.17, 15) is 9.35 Å². The fourth-order valence-corrected chi connectivity index (χ4v) is 5.13. The Morgan fingerprint density at radius 2 is 1.97 bits per heavy atom. The molecule has 1 unspecified atom stereocenters. The van der Waals surface area contributed by atoms with E-state index in [0.29, 0.717) is 12.5 Å². The van der Waals surface area contributed by atoms with Gasteiger partial charge < -0.3 is 18.8 Å². The first-order valence-electron chi connectivity index (χ1n) is 10.9. The van der Waals surface area contributed by atoms with Gasteiger partial charge in [0.1, 0.15) is 22.4 Å². The number of esters is 1. The van der Waals surface area contributed by atoms with Crippen molar-refractivity contribution in [3.05, 3.63) is 23.8 Å². The van der Waals surface area contributed by atoms with Crippen molar-refractivity contribution in [3.63, 3.8) is 0 Å². The van der Waals surface area contributed by atoms with E-state index >= 15 is 0 Å². The molecule has 1 aromatic rings. The minimum Gasteiger partial charge on any atom is -0.598 e. The van der Waals surface area contributed by atoms with Crippen LogP contribution in [-0.2, 0) is 20.9 Å². The average Bonchev–Trinajstić information content (AvgIpc) is 2.72. The highest BCUT2D eigenvalue weighted by Gasteiger charge is 2.40. The van der Waals surface area contributed by atoms with Crippen molar-refractivity contribution < 1.29 is 23.6 Å². The number of methoxy groups -OCH3 is 1. The topological polar surface area (TPSA) is 79.9 Å². The molecule has 6 nitrogen and oxygen atoms in total. The van der Waals surface area contributed by atoms with Crippen LogP contribution in [0.2, 0.25) is 0 Å². The molecule has 1 N–H and O–H groups in total. The van der Waals surface area contributed by atoms with Gasteiger partial charge in [-0.1, -0.05) is 0 Å². The van der Waals surface area contributed by atoms with Crippen LogP contribution in [0.1, 0.15) is 71.4 Å². The number of hydrogen-bond donors (Lipinski definition) is 1. The fourth-order valence-electron chi connectivity index (χ4n) is 4.30. The summed E-state index contributed by atoms with van der Waals surface area (Å²) in [6, 6.07) is 5.79. The van der Waals surface area contributed by atoms with Crippen molar-refractivity contribution in [1.82, 2.24) is 4.72 Å². The van der Waals surface area contributed by atoms with Crippen molar-refractivity contribution in [2.75, 3.05) is 13.7 Å². The molecule has 0 radical (unpaired) electrons. The fraction of sp³-hybridized carbons (Fsp3) is 0.696. The zero-order valence-corrected chi connectivity index (χ0v) is 19.6.